The fourth-order valence-electron chi connectivity index (χ4n) is 3.91. The third kappa shape index (κ3) is 2.37. The molecule has 134 valence electrons. The molecular weight excluding hydrogens is 358 g/mol. The Morgan fingerprint density at radius 3 is 2.67 bits per heavy atom. The Kier molecular flexibility index (Phi) is 3.37. The first-order valence-corrected chi connectivity index (χ1v) is 9.34. The van der Waals surface area contributed by atoms with Crippen molar-refractivity contribution in [2.24, 2.45) is 0 Å². The first-order valence-electron chi connectivity index (χ1n) is 8.96. The number of anilines is 1. The summed E-state index contributed by atoms with van der Waals surface area (Å²) < 4.78 is 0. The number of carbonyl (C=O) groups is 1. The second kappa shape index (κ2) is 5.57. The molecule has 1 amide bonds. The van der Waals surface area contributed by atoms with Crippen molar-refractivity contribution in [1.29, 1.82) is 0 Å². The number of hydrazine groups is 1. The summed E-state index contributed by atoms with van der Waals surface area (Å²) in [7, 11) is 0. The highest BCUT2D eigenvalue weighted by Gasteiger charge is 2.39. The molecule has 0 bridgehead atoms. The largest absolute Gasteiger partial charge is 0.291 e. The number of halogens is 1. The average Bonchev–Trinajstić information content (AvgIpc) is 2.66. The molecule has 2 aromatic carbocycles. The molecule has 3 aromatic rings. The molecule has 0 saturated carbocycles. The van der Waals surface area contributed by atoms with E-state index in [9.17, 15) is 4.79 Å². The number of hydrogen-bond acceptors (Lipinski definition) is 3. The summed E-state index contributed by atoms with van der Waals surface area (Å²) in [6, 6.07) is 15.2. The first-order chi connectivity index (χ1) is 13.0. The topological polar surface area (TPSA) is 45.2 Å². The molecule has 4 nitrogen and oxygen atoms in total. The molecule has 5 rings (SSSR count). The number of aromatic nitrogens is 1. The van der Waals surface area contributed by atoms with E-state index in [2.05, 4.69) is 25.3 Å². The van der Waals surface area contributed by atoms with Gasteiger partial charge in [0, 0.05) is 21.4 Å². The van der Waals surface area contributed by atoms with Crippen LogP contribution in [-0.4, -0.2) is 10.9 Å². The molecule has 0 saturated heterocycles. The van der Waals surface area contributed by atoms with Crippen LogP contribution < -0.4 is 10.4 Å². The summed E-state index contributed by atoms with van der Waals surface area (Å²) in [5, 5.41) is 2.99. The molecule has 5 heteroatoms. The molecule has 0 unspecified atom stereocenters. The van der Waals surface area contributed by atoms with Crippen LogP contribution in [0.15, 0.2) is 54.6 Å². The number of rotatable bonds is 1. The lowest BCUT2D eigenvalue weighted by Crippen LogP contribution is -2.48. The summed E-state index contributed by atoms with van der Waals surface area (Å²) in [6.45, 7) is 4.33. The van der Waals surface area contributed by atoms with Crippen molar-refractivity contribution in [3.8, 4) is 0 Å². The highest BCUT2D eigenvalue weighted by Crippen LogP contribution is 2.43. The zero-order valence-electron chi connectivity index (χ0n) is 15.1. The quantitative estimate of drug-likeness (QED) is 0.645. The Hall–Kier alpha value is -2.85. The van der Waals surface area contributed by atoms with E-state index in [4.69, 9.17) is 16.6 Å². The zero-order chi connectivity index (χ0) is 18.8. The molecule has 0 atom stereocenters. The van der Waals surface area contributed by atoms with Gasteiger partial charge >= 0.3 is 0 Å². The van der Waals surface area contributed by atoms with Crippen LogP contribution in [0.4, 0.5) is 5.69 Å². The van der Waals surface area contributed by atoms with E-state index < -0.39 is 0 Å². The fourth-order valence-corrected chi connectivity index (χ4v) is 4.08. The maximum atomic E-state index is 13.6. The summed E-state index contributed by atoms with van der Waals surface area (Å²) in [5.41, 5.74) is 8.21. The standard InChI is InChI=1S/C22H18ClN3O/c1-22(2)11-10-17-19-18(15-12-13(23)8-9-16(15)24-20(19)22)21(27)26(25-17)14-6-4-3-5-7-14/h3-10,12,25H,11H2,1-2H3. The fraction of sp³-hybridized carbons (Fsp3) is 0.182. The van der Waals surface area contributed by atoms with Gasteiger partial charge in [0.1, 0.15) is 0 Å². The van der Waals surface area contributed by atoms with Crippen LogP contribution >= 0.6 is 11.6 Å². The van der Waals surface area contributed by atoms with Crippen molar-refractivity contribution in [3.05, 3.63) is 76.5 Å². The molecule has 1 aromatic heterocycles. The van der Waals surface area contributed by atoms with Crippen LogP contribution in [0.3, 0.4) is 0 Å². The van der Waals surface area contributed by atoms with E-state index in [-0.39, 0.29) is 11.3 Å². The SMILES string of the molecule is CC1(C)CC=C2NN(c3ccccc3)C(=O)c3c2c1nc1ccc(Cl)cc31. The van der Waals surface area contributed by atoms with Crippen molar-refractivity contribution in [2.45, 2.75) is 25.7 Å². The number of pyridine rings is 1. The minimum Gasteiger partial charge on any atom is -0.291 e. The van der Waals surface area contributed by atoms with Gasteiger partial charge in [0.05, 0.1) is 28.2 Å². The van der Waals surface area contributed by atoms with Gasteiger partial charge in [-0.25, -0.2) is 5.01 Å². The number of benzene rings is 2. The van der Waals surface area contributed by atoms with Gasteiger partial charge in [0.25, 0.3) is 5.91 Å². The smallest absolute Gasteiger partial charge is 0.278 e. The van der Waals surface area contributed by atoms with E-state index >= 15 is 0 Å². The number of nitrogens with zero attached hydrogens (tertiary/aromatic N) is 2. The molecule has 0 spiro atoms. The number of fused-ring (bicyclic) bond motifs is 2. The van der Waals surface area contributed by atoms with Crippen LogP contribution in [0.1, 0.15) is 41.9 Å². The van der Waals surface area contributed by atoms with Crippen molar-refractivity contribution in [3.63, 3.8) is 0 Å². The van der Waals surface area contributed by atoms with Crippen molar-refractivity contribution >= 4 is 39.8 Å². The summed E-state index contributed by atoms with van der Waals surface area (Å²) in [5.74, 6) is -0.0954. The molecule has 0 radical (unpaired) electrons. The van der Waals surface area contributed by atoms with Gasteiger partial charge in [0.2, 0.25) is 0 Å². The predicted octanol–water partition coefficient (Wildman–Crippen LogP) is 5.08. The zero-order valence-corrected chi connectivity index (χ0v) is 15.8. The van der Waals surface area contributed by atoms with E-state index in [1.54, 1.807) is 5.01 Å². The Labute approximate surface area is 162 Å². The third-order valence-corrected chi connectivity index (χ3v) is 5.57. The normalized spacial score (nSPS) is 17.4. The lowest BCUT2D eigenvalue weighted by Gasteiger charge is -2.39. The van der Waals surface area contributed by atoms with Gasteiger partial charge in [0.15, 0.2) is 0 Å². The van der Waals surface area contributed by atoms with Gasteiger partial charge in [-0.1, -0.05) is 49.7 Å². The second-order valence-corrected chi connectivity index (χ2v) is 8.10. The van der Waals surface area contributed by atoms with Gasteiger partial charge in [-0.2, -0.15) is 0 Å². The molecule has 27 heavy (non-hydrogen) atoms. The van der Waals surface area contributed by atoms with Crippen molar-refractivity contribution in [2.75, 3.05) is 5.01 Å². The van der Waals surface area contributed by atoms with E-state index in [1.807, 2.05) is 48.5 Å². The number of hydrogen-bond donors (Lipinski definition) is 1. The van der Waals surface area contributed by atoms with Gasteiger partial charge in [-0.05, 0) is 36.8 Å². The average molecular weight is 376 g/mol. The summed E-state index contributed by atoms with van der Waals surface area (Å²) >= 11 is 6.26. The second-order valence-electron chi connectivity index (χ2n) is 7.67. The number of amides is 1. The molecular formula is C22H18ClN3O. The number of nitrogens with one attached hydrogen (secondary N) is 1. The number of allylic oxidation sites excluding steroid dienone is 1. The van der Waals surface area contributed by atoms with Crippen molar-refractivity contribution < 1.29 is 4.79 Å². The van der Waals surface area contributed by atoms with Crippen LogP contribution in [0, 0.1) is 0 Å². The summed E-state index contributed by atoms with van der Waals surface area (Å²) in [4.78, 5) is 18.5. The minimum atomic E-state index is -0.141. The van der Waals surface area contributed by atoms with Crippen LogP contribution in [0.25, 0.3) is 16.6 Å². The van der Waals surface area contributed by atoms with Gasteiger partial charge in [-0.3, -0.25) is 15.2 Å². The lowest BCUT2D eigenvalue weighted by atomic mass is 9.75. The molecule has 2 aliphatic rings. The third-order valence-electron chi connectivity index (χ3n) is 5.34. The van der Waals surface area contributed by atoms with Crippen LogP contribution in [0.2, 0.25) is 5.02 Å². The minimum absolute atomic E-state index is 0.0954. The lowest BCUT2D eigenvalue weighted by molar-refractivity contribution is 0.0976. The maximum absolute atomic E-state index is 13.6. The molecule has 1 aliphatic carbocycles. The highest BCUT2D eigenvalue weighted by molar-refractivity contribution is 6.32. The Morgan fingerprint density at radius 2 is 1.89 bits per heavy atom. The number of para-hydroxylation sites is 1. The van der Waals surface area contributed by atoms with Crippen molar-refractivity contribution in [1.82, 2.24) is 10.4 Å². The highest BCUT2D eigenvalue weighted by atomic mass is 35.5. The van der Waals surface area contributed by atoms with E-state index in [0.717, 1.165) is 40.0 Å². The van der Waals surface area contributed by atoms with Gasteiger partial charge in [-0.15, -0.1) is 0 Å². The van der Waals surface area contributed by atoms with Gasteiger partial charge < -0.3 is 0 Å². The van der Waals surface area contributed by atoms with Crippen LogP contribution in [0.5, 0.6) is 0 Å². The maximum Gasteiger partial charge on any atom is 0.278 e. The first kappa shape index (κ1) is 16.3. The van der Waals surface area contributed by atoms with Crippen LogP contribution in [-0.2, 0) is 5.41 Å². The summed E-state index contributed by atoms with van der Waals surface area (Å²) in [6.07, 6.45) is 3.01. The Bertz CT molecular complexity index is 1140. The number of carbonyl (C=O) groups excluding carboxylic acids is 1. The molecule has 2 heterocycles. The van der Waals surface area contributed by atoms with E-state index in [0.29, 0.717) is 10.6 Å². The predicted molar refractivity (Wildman–Crippen MR) is 109 cm³/mol. The molecule has 1 N–H and O–H groups in total. The molecule has 0 fully saturated rings. The monoisotopic (exact) mass is 375 g/mol. The molecule has 1 aliphatic heterocycles. The van der Waals surface area contributed by atoms with E-state index in [1.165, 1.54) is 0 Å². The Balaban J connectivity index is 1.85. The Morgan fingerprint density at radius 1 is 1.11 bits per heavy atom.